The van der Waals surface area contributed by atoms with Crippen LogP contribution in [-0.2, 0) is 4.74 Å². The Morgan fingerprint density at radius 1 is 1.23 bits per heavy atom. The van der Waals surface area contributed by atoms with Gasteiger partial charge in [0.25, 0.3) is 0 Å². The molecular weight excluding hydrogens is 356 g/mol. The Bertz CT molecular complexity index is 903. The normalized spacial score (nSPS) is 16.7. The van der Waals surface area contributed by atoms with Crippen molar-refractivity contribution in [3.63, 3.8) is 0 Å². The number of aromatic nitrogens is 3. The molecule has 1 aliphatic heterocycles. The zero-order valence-corrected chi connectivity index (χ0v) is 15.5. The summed E-state index contributed by atoms with van der Waals surface area (Å²) < 4.78 is 17.8. The molecule has 2 aromatic heterocycles. The molecule has 26 heavy (non-hydrogen) atoms. The van der Waals surface area contributed by atoms with E-state index in [2.05, 4.69) is 10.1 Å². The Kier molecular flexibility index (Phi) is 4.66. The summed E-state index contributed by atoms with van der Waals surface area (Å²) in [6.45, 7) is 3.10. The highest BCUT2D eigenvalue weighted by molar-refractivity contribution is 7.17. The third-order valence-corrected chi connectivity index (χ3v) is 5.78. The molecule has 1 aliphatic rings. The molecule has 0 spiro atoms. The van der Waals surface area contributed by atoms with Crippen molar-refractivity contribution in [1.29, 1.82) is 0 Å². The lowest BCUT2D eigenvalue weighted by molar-refractivity contribution is -0.932. The molecule has 8 nitrogen and oxygen atoms in total. The molecule has 2 N–H and O–H groups in total. The molecule has 1 fully saturated rings. The maximum Gasteiger partial charge on any atom is 0.235 e. The van der Waals surface area contributed by atoms with Gasteiger partial charge in [0.1, 0.15) is 24.3 Å². The van der Waals surface area contributed by atoms with Gasteiger partial charge in [0, 0.05) is 5.56 Å². The van der Waals surface area contributed by atoms with Crippen LogP contribution in [0.2, 0.25) is 0 Å². The number of hydrogen-bond donors (Lipinski definition) is 2. The van der Waals surface area contributed by atoms with Gasteiger partial charge in [-0.2, -0.15) is 9.61 Å². The summed E-state index contributed by atoms with van der Waals surface area (Å²) in [6.07, 6.45) is 1.45. The lowest BCUT2D eigenvalue weighted by atomic mass is 10.0. The highest BCUT2D eigenvalue weighted by Crippen LogP contribution is 2.37. The van der Waals surface area contributed by atoms with E-state index in [9.17, 15) is 5.11 Å². The van der Waals surface area contributed by atoms with Crippen LogP contribution in [0.4, 0.5) is 0 Å². The van der Waals surface area contributed by atoms with Gasteiger partial charge in [-0.25, -0.2) is 4.98 Å². The second kappa shape index (κ2) is 7.10. The zero-order chi connectivity index (χ0) is 18.1. The summed E-state index contributed by atoms with van der Waals surface area (Å²) in [5.41, 5.74) is 1.04. The third-order valence-electron chi connectivity index (χ3n) is 4.69. The predicted molar refractivity (Wildman–Crippen MR) is 95.4 cm³/mol. The number of quaternary nitrogens is 1. The van der Waals surface area contributed by atoms with E-state index in [0.717, 1.165) is 23.5 Å². The first-order valence-electron chi connectivity index (χ1n) is 8.38. The third kappa shape index (κ3) is 2.87. The Balaban J connectivity index is 1.83. The van der Waals surface area contributed by atoms with Crippen molar-refractivity contribution in [2.45, 2.75) is 6.04 Å². The van der Waals surface area contributed by atoms with E-state index in [0.29, 0.717) is 29.7 Å². The molecule has 1 atom stereocenters. The molecule has 0 saturated carbocycles. The molecule has 0 radical (unpaired) electrons. The fraction of sp³-hybridized carbons (Fsp3) is 0.412. The van der Waals surface area contributed by atoms with Gasteiger partial charge < -0.3 is 24.2 Å². The van der Waals surface area contributed by atoms with Crippen LogP contribution in [-0.4, -0.2) is 60.2 Å². The highest BCUT2D eigenvalue weighted by Gasteiger charge is 2.34. The fourth-order valence-electron chi connectivity index (χ4n) is 3.41. The molecule has 9 heteroatoms. The van der Waals surface area contributed by atoms with E-state index in [1.54, 1.807) is 14.2 Å². The molecule has 1 aromatic carbocycles. The highest BCUT2D eigenvalue weighted by atomic mass is 32.1. The maximum absolute atomic E-state index is 10.7. The number of fused-ring (bicyclic) bond motifs is 1. The predicted octanol–water partition coefficient (Wildman–Crippen LogP) is 0.518. The molecule has 0 aliphatic carbocycles. The van der Waals surface area contributed by atoms with E-state index < -0.39 is 0 Å². The van der Waals surface area contributed by atoms with Crippen LogP contribution in [0.5, 0.6) is 17.4 Å². The number of hydrogen-bond acceptors (Lipinski definition) is 7. The second-order valence-electron chi connectivity index (χ2n) is 6.06. The summed E-state index contributed by atoms with van der Waals surface area (Å²) in [5, 5.41) is 14.8. The van der Waals surface area contributed by atoms with Crippen LogP contribution >= 0.6 is 11.3 Å². The number of ether oxygens (including phenoxy) is 3. The monoisotopic (exact) mass is 377 g/mol. The Morgan fingerprint density at radius 3 is 2.69 bits per heavy atom. The van der Waals surface area contributed by atoms with Crippen molar-refractivity contribution in [2.75, 3.05) is 40.5 Å². The average molecular weight is 377 g/mol. The second-order valence-corrected chi connectivity index (χ2v) is 7.07. The van der Waals surface area contributed by atoms with Gasteiger partial charge in [-0.3, -0.25) is 0 Å². The van der Waals surface area contributed by atoms with Crippen molar-refractivity contribution in [3.05, 3.63) is 35.0 Å². The lowest BCUT2D eigenvalue weighted by Gasteiger charge is -2.31. The molecule has 0 bridgehead atoms. The minimum Gasteiger partial charge on any atom is -0.493 e. The number of benzene rings is 1. The van der Waals surface area contributed by atoms with Gasteiger partial charge in [-0.05, 0) is 18.2 Å². The van der Waals surface area contributed by atoms with Gasteiger partial charge in [-0.15, -0.1) is 0 Å². The van der Waals surface area contributed by atoms with Crippen LogP contribution < -0.4 is 14.4 Å². The van der Waals surface area contributed by atoms with Crippen LogP contribution in [0.1, 0.15) is 16.5 Å². The number of nitrogens with one attached hydrogen (secondary N) is 1. The Morgan fingerprint density at radius 2 is 2.00 bits per heavy atom. The molecule has 0 amide bonds. The van der Waals surface area contributed by atoms with Crippen molar-refractivity contribution in [2.24, 2.45) is 0 Å². The van der Waals surface area contributed by atoms with Gasteiger partial charge in [-0.1, -0.05) is 11.3 Å². The van der Waals surface area contributed by atoms with Crippen molar-refractivity contribution < 1.29 is 24.2 Å². The van der Waals surface area contributed by atoms with E-state index in [4.69, 9.17) is 14.2 Å². The molecule has 3 heterocycles. The molecule has 0 unspecified atom stereocenters. The van der Waals surface area contributed by atoms with Crippen molar-refractivity contribution >= 4 is 16.3 Å². The number of aromatic hydroxyl groups is 1. The molecule has 1 saturated heterocycles. The fourth-order valence-corrected chi connectivity index (χ4v) is 4.52. The number of morpholine rings is 1. The van der Waals surface area contributed by atoms with Crippen molar-refractivity contribution in [1.82, 2.24) is 14.6 Å². The first-order valence-corrected chi connectivity index (χ1v) is 9.20. The summed E-state index contributed by atoms with van der Waals surface area (Å²) in [4.78, 5) is 7.05. The quantitative estimate of drug-likeness (QED) is 0.675. The zero-order valence-electron chi connectivity index (χ0n) is 14.6. The topological polar surface area (TPSA) is 82.6 Å². The van der Waals surface area contributed by atoms with Gasteiger partial charge >= 0.3 is 0 Å². The minimum atomic E-state index is -0.0628. The van der Waals surface area contributed by atoms with E-state index in [-0.39, 0.29) is 11.9 Å². The van der Waals surface area contributed by atoms with Crippen molar-refractivity contribution in [3.8, 4) is 17.4 Å². The summed E-state index contributed by atoms with van der Waals surface area (Å²) >= 11 is 1.46. The van der Waals surface area contributed by atoms with E-state index >= 15 is 0 Å². The Hall–Kier alpha value is -2.36. The first-order chi connectivity index (χ1) is 12.7. The van der Waals surface area contributed by atoms with E-state index in [1.807, 2.05) is 18.2 Å². The lowest BCUT2D eigenvalue weighted by Crippen LogP contribution is -3.14. The largest absolute Gasteiger partial charge is 0.493 e. The minimum absolute atomic E-state index is 0.0628. The Labute approximate surface area is 154 Å². The van der Waals surface area contributed by atoms with E-state index in [1.165, 1.54) is 27.1 Å². The summed E-state index contributed by atoms with van der Waals surface area (Å²) in [7, 11) is 3.24. The van der Waals surface area contributed by atoms with Crippen LogP contribution in [0.15, 0.2) is 24.5 Å². The molecule has 138 valence electrons. The standard InChI is InChI=1S/C17H20N4O4S/c1-23-12-4-3-11(9-13(12)24-2)14(20-5-7-25-8-6-20)15-16(22)21-17(26-15)18-10-19-21/h3-4,9-10,14,22H,5-8H2,1-2H3/p+1/t14-/m1/s1. The summed E-state index contributed by atoms with van der Waals surface area (Å²) in [5.74, 6) is 1.49. The molecule has 4 rings (SSSR count). The maximum atomic E-state index is 10.7. The smallest absolute Gasteiger partial charge is 0.235 e. The average Bonchev–Trinajstić information content (AvgIpc) is 3.26. The number of thiazole rings is 1. The molecular formula is C17H21N4O4S+. The van der Waals surface area contributed by atoms with Gasteiger partial charge in [0.05, 0.1) is 27.4 Å². The van der Waals surface area contributed by atoms with Crippen LogP contribution in [0.25, 0.3) is 4.96 Å². The number of methoxy groups -OCH3 is 2. The van der Waals surface area contributed by atoms with Gasteiger partial charge in [0.2, 0.25) is 10.8 Å². The number of rotatable bonds is 5. The van der Waals surface area contributed by atoms with Crippen LogP contribution in [0.3, 0.4) is 0 Å². The first kappa shape index (κ1) is 17.1. The SMILES string of the molecule is COc1ccc([C@H](c2sc3ncnn3c2O)[NH+]2CCOCC2)cc1OC. The van der Waals surface area contributed by atoms with Gasteiger partial charge in [0.15, 0.2) is 17.5 Å². The molecule has 3 aromatic rings. The number of nitrogens with zero attached hydrogens (tertiary/aromatic N) is 3. The summed E-state index contributed by atoms with van der Waals surface area (Å²) in [6, 6.07) is 5.83. The van der Waals surface area contributed by atoms with Crippen LogP contribution in [0, 0.1) is 0 Å².